The van der Waals surface area contributed by atoms with E-state index >= 15 is 0 Å². The molecule has 2 amide bonds. The number of aromatic nitrogens is 1. The van der Waals surface area contributed by atoms with Crippen molar-refractivity contribution in [3.8, 4) is 0 Å². The van der Waals surface area contributed by atoms with Gasteiger partial charge in [-0.15, -0.1) is 5.06 Å². The molecule has 10 nitrogen and oxygen atoms in total. The van der Waals surface area contributed by atoms with Gasteiger partial charge in [-0.05, 0) is 53.8 Å². The highest BCUT2D eigenvalue weighted by molar-refractivity contribution is 8.77. The number of nitrogens with zero attached hydrogens (tertiary/aromatic N) is 3. The Hall–Kier alpha value is -2.61. The number of anilines is 1. The largest absolute Gasteiger partial charge is 0.333 e. The minimum Gasteiger partial charge on any atom is -0.330 e. The minimum atomic E-state index is -4.75. The number of para-hydroxylation sites is 1. The van der Waals surface area contributed by atoms with Crippen molar-refractivity contribution < 1.29 is 32.2 Å². The molecule has 1 atom stereocenters. The summed E-state index contributed by atoms with van der Waals surface area (Å²) >= 11 is 0. The number of pyridine rings is 1. The van der Waals surface area contributed by atoms with Crippen molar-refractivity contribution in [2.45, 2.75) is 55.7 Å². The first-order chi connectivity index (χ1) is 17.2. The second-order valence-corrected chi connectivity index (χ2v) is 11.6. The molecule has 1 saturated heterocycles. The van der Waals surface area contributed by atoms with Gasteiger partial charge in [0.1, 0.15) is 5.03 Å². The van der Waals surface area contributed by atoms with Crippen LogP contribution >= 0.6 is 21.8 Å². The average Bonchev–Trinajstić information content (AvgIpc) is 3.15. The van der Waals surface area contributed by atoms with Crippen LogP contribution in [0.2, 0.25) is 0 Å². The zero-order valence-electron chi connectivity index (χ0n) is 19.6. The molecule has 1 fully saturated rings. The summed E-state index contributed by atoms with van der Waals surface area (Å²) in [5.74, 6) is -3.06. The second-order valence-electron chi connectivity index (χ2n) is 7.92. The Kier molecular flexibility index (Phi) is 10.2. The lowest BCUT2D eigenvalue weighted by molar-refractivity contribution is -0.197. The number of carbonyl (C=O) groups is 3. The quantitative estimate of drug-likeness (QED) is 0.127. The van der Waals surface area contributed by atoms with Crippen LogP contribution in [0.3, 0.4) is 0 Å². The van der Waals surface area contributed by atoms with E-state index in [1.54, 1.807) is 28.0 Å². The number of carbonyl (C=O) groups excluding carboxylic acids is 3. The maximum Gasteiger partial charge on any atom is 0.333 e. The summed E-state index contributed by atoms with van der Waals surface area (Å²) in [5, 5.41) is -0.905. The van der Waals surface area contributed by atoms with Gasteiger partial charge >= 0.3 is 5.97 Å². The molecule has 1 aliphatic rings. The number of amides is 2. The molecule has 2 heterocycles. The molecular weight excluding hydrogens is 526 g/mol. The number of imide groups is 1. The van der Waals surface area contributed by atoms with Gasteiger partial charge in [0.2, 0.25) is 0 Å². The highest BCUT2D eigenvalue weighted by Crippen LogP contribution is 2.37. The summed E-state index contributed by atoms with van der Waals surface area (Å²) in [5.41, 5.74) is 2.34. The van der Waals surface area contributed by atoms with Gasteiger partial charge in [0.25, 0.3) is 21.9 Å². The first kappa shape index (κ1) is 28.0. The third-order valence-corrected chi connectivity index (χ3v) is 8.76. The number of hydrogen-bond acceptors (Lipinski definition) is 10. The van der Waals surface area contributed by atoms with Gasteiger partial charge in [-0.3, -0.25) is 14.1 Å². The van der Waals surface area contributed by atoms with Crippen molar-refractivity contribution in [3.05, 3.63) is 54.2 Å². The highest BCUT2D eigenvalue weighted by Gasteiger charge is 2.48. The molecule has 0 saturated carbocycles. The van der Waals surface area contributed by atoms with E-state index in [0.29, 0.717) is 12.8 Å². The van der Waals surface area contributed by atoms with E-state index in [9.17, 15) is 22.8 Å². The molecule has 0 bridgehead atoms. The predicted molar refractivity (Wildman–Crippen MR) is 137 cm³/mol. The summed E-state index contributed by atoms with van der Waals surface area (Å²) in [6.07, 6.45) is 3.75. The van der Waals surface area contributed by atoms with E-state index in [1.165, 1.54) is 5.56 Å². The maximum atomic E-state index is 12.1. The van der Waals surface area contributed by atoms with Gasteiger partial charge < -0.3 is 9.14 Å². The van der Waals surface area contributed by atoms with Crippen molar-refractivity contribution in [2.24, 2.45) is 0 Å². The molecule has 1 unspecified atom stereocenters. The molecule has 1 aliphatic heterocycles. The monoisotopic (exact) mass is 553 g/mol. The van der Waals surface area contributed by atoms with Gasteiger partial charge in [0.05, 0.1) is 12.1 Å². The van der Waals surface area contributed by atoms with E-state index in [1.807, 2.05) is 30.3 Å². The van der Waals surface area contributed by atoms with Gasteiger partial charge in [0, 0.05) is 30.1 Å². The normalized spacial score (nSPS) is 15.8. The van der Waals surface area contributed by atoms with Crippen LogP contribution in [0, 0.1) is 0 Å². The molecule has 13 heteroatoms. The summed E-state index contributed by atoms with van der Waals surface area (Å²) < 4.78 is 33.6. The lowest BCUT2D eigenvalue weighted by atomic mass is 10.1. The van der Waals surface area contributed by atoms with E-state index in [0.717, 1.165) is 30.1 Å². The van der Waals surface area contributed by atoms with Crippen LogP contribution in [-0.2, 0) is 35.8 Å². The van der Waals surface area contributed by atoms with Crippen LogP contribution in [0.5, 0.6) is 0 Å². The third kappa shape index (κ3) is 7.69. The number of benzene rings is 1. The van der Waals surface area contributed by atoms with Crippen LogP contribution < -0.4 is 4.31 Å². The van der Waals surface area contributed by atoms with E-state index in [2.05, 4.69) is 28.3 Å². The number of hydroxylamine groups is 2. The highest BCUT2D eigenvalue weighted by atomic mass is 33.1. The van der Waals surface area contributed by atoms with Gasteiger partial charge in [0.15, 0.2) is 5.25 Å². The molecule has 1 aromatic carbocycles. The predicted octanol–water partition coefficient (Wildman–Crippen LogP) is 3.84. The fourth-order valence-corrected chi connectivity index (χ4v) is 6.32. The maximum absolute atomic E-state index is 12.1. The average molecular weight is 554 g/mol. The standard InChI is InChI=1S/C23H27N3O7S3/c1-2-17-10-5-6-11-18(17)25(35-34-20-12-7-8-14-24-20)15-9-3-4-13-22(28)33-26-21(27)16-19(23(26)29)36(30,31)32/h5-8,10-12,14,19H,2-4,9,13,15-16H2,1H3,(H,30,31,32). The van der Waals surface area contributed by atoms with Crippen molar-refractivity contribution >= 4 is 55.4 Å². The molecule has 1 aromatic heterocycles. The SMILES string of the molecule is CCc1ccccc1N(CCCCCC(=O)ON1C(=O)CC(S(=O)(=O)O)C1=O)SSc1ccccn1. The number of unbranched alkanes of at least 4 members (excludes halogenated alkanes) is 2. The smallest absolute Gasteiger partial charge is 0.330 e. The van der Waals surface area contributed by atoms with Gasteiger partial charge in [-0.1, -0.05) is 37.6 Å². The Morgan fingerprint density at radius 3 is 2.58 bits per heavy atom. The van der Waals surface area contributed by atoms with Crippen molar-refractivity contribution in [1.29, 1.82) is 0 Å². The topological polar surface area (TPSA) is 134 Å². The molecule has 1 N–H and O–H groups in total. The Labute approximate surface area is 218 Å². The fraction of sp³-hybridized carbons (Fsp3) is 0.391. The summed E-state index contributed by atoms with van der Waals surface area (Å²) in [4.78, 5) is 45.0. The number of hydrogen-bond donors (Lipinski definition) is 1. The van der Waals surface area contributed by atoms with E-state index < -0.39 is 39.6 Å². The molecule has 0 spiro atoms. The summed E-state index contributed by atoms with van der Waals surface area (Å²) in [6, 6.07) is 13.9. The van der Waals surface area contributed by atoms with Crippen LogP contribution in [-0.4, -0.2) is 52.6 Å². The van der Waals surface area contributed by atoms with Crippen LogP contribution in [0.25, 0.3) is 0 Å². The molecule has 194 valence electrons. The second kappa shape index (κ2) is 13.1. The summed E-state index contributed by atoms with van der Waals surface area (Å²) in [6.45, 7) is 2.82. The van der Waals surface area contributed by atoms with E-state index in [-0.39, 0.29) is 11.5 Å². The van der Waals surface area contributed by atoms with Crippen LogP contribution in [0.15, 0.2) is 53.7 Å². The third-order valence-electron chi connectivity index (χ3n) is 5.35. The van der Waals surface area contributed by atoms with Crippen LogP contribution in [0.1, 0.15) is 44.6 Å². The number of rotatable bonds is 13. The van der Waals surface area contributed by atoms with E-state index in [4.69, 9.17) is 9.39 Å². The molecule has 0 radical (unpaired) electrons. The zero-order chi connectivity index (χ0) is 26.1. The van der Waals surface area contributed by atoms with Crippen molar-refractivity contribution in [3.63, 3.8) is 0 Å². The first-order valence-corrected chi connectivity index (χ1v) is 15.0. The zero-order valence-corrected chi connectivity index (χ0v) is 22.1. The molecule has 2 aromatic rings. The van der Waals surface area contributed by atoms with Crippen LogP contribution in [0.4, 0.5) is 5.69 Å². The first-order valence-electron chi connectivity index (χ1n) is 11.4. The molecular formula is C23H27N3O7S3. The molecule has 36 heavy (non-hydrogen) atoms. The fourth-order valence-electron chi connectivity index (χ4n) is 3.49. The Morgan fingerprint density at radius 2 is 1.92 bits per heavy atom. The molecule has 3 rings (SSSR count). The summed E-state index contributed by atoms with van der Waals surface area (Å²) in [7, 11) is -1.60. The van der Waals surface area contributed by atoms with Gasteiger partial charge in [-0.25, -0.2) is 9.78 Å². The Morgan fingerprint density at radius 1 is 1.17 bits per heavy atom. The van der Waals surface area contributed by atoms with Gasteiger partial charge in [-0.2, -0.15) is 8.42 Å². The number of aryl methyl sites for hydroxylation is 1. The minimum absolute atomic E-state index is 0.0466. The lowest BCUT2D eigenvalue weighted by Gasteiger charge is -2.24. The van der Waals surface area contributed by atoms with Crippen molar-refractivity contribution in [2.75, 3.05) is 10.8 Å². The molecule has 0 aliphatic carbocycles. The Balaban J connectivity index is 1.49. The Bertz CT molecular complexity index is 1180. The van der Waals surface area contributed by atoms with Crippen molar-refractivity contribution in [1.82, 2.24) is 10.0 Å². The lowest BCUT2D eigenvalue weighted by Crippen LogP contribution is -2.36.